The van der Waals surface area contributed by atoms with E-state index < -0.39 is 0 Å². The molecule has 1 aliphatic heterocycles. The Morgan fingerprint density at radius 1 is 1.15 bits per heavy atom. The highest BCUT2D eigenvalue weighted by Crippen LogP contribution is 2.10. The Bertz CT molecular complexity index is 262. The van der Waals surface area contributed by atoms with Gasteiger partial charge in [0.05, 0.1) is 6.04 Å². The number of piperidine rings is 1. The largest absolute Gasteiger partial charge is 0.353 e. The Kier molecular flexibility index (Phi) is 8.82. The number of nitrogens with zero attached hydrogens (tertiary/aromatic N) is 1. The van der Waals surface area contributed by atoms with Crippen LogP contribution in [0, 0.1) is 0 Å². The summed E-state index contributed by atoms with van der Waals surface area (Å²) in [7, 11) is 0. The number of hydrogen-bond donors (Lipinski definition) is 1. The van der Waals surface area contributed by atoms with E-state index in [0.717, 1.165) is 38.9 Å². The minimum Gasteiger partial charge on any atom is -0.353 e. The molecule has 1 saturated heterocycles. The van der Waals surface area contributed by atoms with Gasteiger partial charge in [0.15, 0.2) is 6.29 Å². The van der Waals surface area contributed by atoms with Crippen molar-refractivity contribution in [1.82, 2.24) is 10.2 Å². The second-order valence-electron chi connectivity index (χ2n) is 5.19. The second-order valence-corrected chi connectivity index (χ2v) is 5.19. The van der Waals surface area contributed by atoms with Crippen molar-refractivity contribution in [2.24, 2.45) is 0 Å². The molecule has 5 nitrogen and oxygen atoms in total. The van der Waals surface area contributed by atoms with E-state index in [9.17, 15) is 4.79 Å². The molecule has 0 radical (unpaired) electrons. The lowest BCUT2D eigenvalue weighted by Crippen LogP contribution is -2.47. The molecule has 118 valence electrons. The Morgan fingerprint density at radius 3 is 2.30 bits per heavy atom. The third-order valence-electron chi connectivity index (χ3n) is 3.57. The second kappa shape index (κ2) is 10.1. The third-order valence-corrected chi connectivity index (χ3v) is 3.57. The van der Waals surface area contributed by atoms with Crippen molar-refractivity contribution in [1.29, 1.82) is 0 Å². The number of carbonyl (C=O) groups excluding carboxylic acids is 1. The SMILES string of the molecule is CCOC(CCNC(C)C(=O)N1CCCCC1)OCC. The highest BCUT2D eigenvalue weighted by Gasteiger charge is 2.21. The fraction of sp³-hybridized carbons (Fsp3) is 0.933. The van der Waals surface area contributed by atoms with Crippen LogP contribution in [0.15, 0.2) is 0 Å². The van der Waals surface area contributed by atoms with Gasteiger partial charge in [-0.1, -0.05) is 0 Å². The third kappa shape index (κ3) is 6.20. The first-order chi connectivity index (χ1) is 9.69. The number of carbonyl (C=O) groups is 1. The topological polar surface area (TPSA) is 50.8 Å². The fourth-order valence-electron chi connectivity index (χ4n) is 2.48. The quantitative estimate of drug-likeness (QED) is 0.656. The van der Waals surface area contributed by atoms with E-state index in [0.29, 0.717) is 13.2 Å². The number of likely N-dealkylation sites (tertiary alicyclic amines) is 1. The maximum atomic E-state index is 12.2. The van der Waals surface area contributed by atoms with Gasteiger partial charge in [-0.3, -0.25) is 4.79 Å². The minimum atomic E-state index is -0.171. The lowest BCUT2D eigenvalue weighted by atomic mass is 10.1. The Balaban J connectivity index is 2.23. The molecule has 0 aromatic rings. The number of amides is 1. The van der Waals surface area contributed by atoms with Crippen LogP contribution >= 0.6 is 0 Å². The average Bonchev–Trinajstić information content (AvgIpc) is 2.47. The molecule has 1 rings (SSSR count). The molecule has 0 saturated carbocycles. The van der Waals surface area contributed by atoms with Gasteiger partial charge in [0.2, 0.25) is 5.91 Å². The Labute approximate surface area is 123 Å². The normalized spacial score (nSPS) is 17.5. The van der Waals surface area contributed by atoms with Crippen molar-refractivity contribution in [2.75, 3.05) is 32.8 Å². The summed E-state index contributed by atoms with van der Waals surface area (Å²) in [4.78, 5) is 14.2. The van der Waals surface area contributed by atoms with Crippen molar-refractivity contribution in [2.45, 2.75) is 58.8 Å². The van der Waals surface area contributed by atoms with Gasteiger partial charge in [0.25, 0.3) is 0 Å². The zero-order chi connectivity index (χ0) is 14.8. The van der Waals surface area contributed by atoms with Crippen LogP contribution in [0.25, 0.3) is 0 Å². The lowest BCUT2D eigenvalue weighted by Gasteiger charge is -2.29. The fourth-order valence-corrected chi connectivity index (χ4v) is 2.48. The number of nitrogens with one attached hydrogen (secondary N) is 1. The van der Waals surface area contributed by atoms with Crippen LogP contribution in [0.4, 0.5) is 0 Å². The molecule has 1 fully saturated rings. The van der Waals surface area contributed by atoms with E-state index in [1.807, 2.05) is 25.7 Å². The van der Waals surface area contributed by atoms with Gasteiger partial charge in [-0.2, -0.15) is 0 Å². The first-order valence-corrected chi connectivity index (χ1v) is 7.94. The van der Waals surface area contributed by atoms with Gasteiger partial charge in [0.1, 0.15) is 0 Å². The molecule has 5 heteroatoms. The summed E-state index contributed by atoms with van der Waals surface area (Å²) in [5, 5.41) is 3.28. The number of rotatable bonds is 9. The molecular weight excluding hydrogens is 256 g/mol. The predicted molar refractivity (Wildman–Crippen MR) is 79.6 cm³/mol. The molecule has 0 aliphatic carbocycles. The first kappa shape index (κ1) is 17.4. The number of hydrogen-bond acceptors (Lipinski definition) is 4. The van der Waals surface area contributed by atoms with E-state index in [1.54, 1.807) is 0 Å². The van der Waals surface area contributed by atoms with Crippen LogP contribution in [0.1, 0.15) is 46.5 Å². The highest BCUT2D eigenvalue weighted by molar-refractivity contribution is 5.81. The molecular formula is C15H30N2O3. The summed E-state index contributed by atoms with van der Waals surface area (Å²) >= 11 is 0. The molecule has 1 N–H and O–H groups in total. The van der Waals surface area contributed by atoms with Gasteiger partial charge in [-0.05, 0) is 40.0 Å². The van der Waals surface area contributed by atoms with Crippen LogP contribution in [-0.4, -0.2) is 56.0 Å². The van der Waals surface area contributed by atoms with E-state index >= 15 is 0 Å². The molecule has 1 atom stereocenters. The van der Waals surface area contributed by atoms with Crippen molar-refractivity contribution in [3.8, 4) is 0 Å². The molecule has 0 spiro atoms. The van der Waals surface area contributed by atoms with Crippen molar-refractivity contribution < 1.29 is 14.3 Å². The van der Waals surface area contributed by atoms with Gasteiger partial charge in [-0.15, -0.1) is 0 Å². The summed E-state index contributed by atoms with van der Waals surface area (Å²) < 4.78 is 11.0. The van der Waals surface area contributed by atoms with E-state index in [-0.39, 0.29) is 18.2 Å². The summed E-state index contributed by atoms with van der Waals surface area (Å²) in [5.41, 5.74) is 0. The molecule has 0 bridgehead atoms. The van der Waals surface area contributed by atoms with Crippen LogP contribution in [-0.2, 0) is 14.3 Å². The molecule has 1 unspecified atom stereocenters. The monoisotopic (exact) mass is 286 g/mol. The average molecular weight is 286 g/mol. The van der Waals surface area contributed by atoms with Crippen LogP contribution in [0.3, 0.4) is 0 Å². The minimum absolute atomic E-state index is 0.128. The summed E-state index contributed by atoms with van der Waals surface area (Å²) in [6.07, 6.45) is 4.11. The Hall–Kier alpha value is -0.650. The standard InChI is InChI=1S/C15H30N2O3/c1-4-19-14(20-5-2)9-10-16-13(3)15(18)17-11-7-6-8-12-17/h13-14,16H,4-12H2,1-3H3. The predicted octanol–water partition coefficient (Wildman–Crippen LogP) is 1.77. The van der Waals surface area contributed by atoms with Crippen molar-refractivity contribution in [3.05, 3.63) is 0 Å². The van der Waals surface area contributed by atoms with Gasteiger partial charge >= 0.3 is 0 Å². The highest BCUT2D eigenvalue weighted by atomic mass is 16.7. The van der Waals surface area contributed by atoms with Gasteiger partial charge in [-0.25, -0.2) is 0 Å². The maximum absolute atomic E-state index is 12.2. The molecule has 0 aromatic heterocycles. The van der Waals surface area contributed by atoms with E-state index in [2.05, 4.69) is 5.32 Å². The van der Waals surface area contributed by atoms with Crippen LogP contribution in [0.2, 0.25) is 0 Å². The summed E-state index contributed by atoms with van der Waals surface area (Å²) in [6, 6.07) is -0.128. The lowest BCUT2D eigenvalue weighted by molar-refractivity contribution is -0.140. The molecule has 1 aliphatic rings. The zero-order valence-electron chi connectivity index (χ0n) is 13.2. The maximum Gasteiger partial charge on any atom is 0.239 e. The molecule has 0 aromatic carbocycles. The summed E-state index contributed by atoms with van der Waals surface area (Å²) in [6.45, 7) is 9.69. The van der Waals surface area contributed by atoms with Crippen LogP contribution < -0.4 is 5.32 Å². The zero-order valence-corrected chi connectivity index (χ0v) is 13.2. The van der Waals surface area contributed by atoms with Crippen LogP contribution in [0.5, 0.6) is 0 Å². The van der Waals surface area contributed by atoms with Gasteiger partial charge in [0, 0.05) is 39.3 Å². The van der Waals surface area contributed by atoms with Crippen molar-refractivity contribution >= 4 is 5.91 Å². The van der Waals surface area contributed by atoms with E-state index in [1.165, 1.54) is 6.42 Å². The molecule has 1 amide bonds. The summed E-state index contributed by atoms with van der Waals surface area (Å²) in [5.74, 6) is 0.217. The number of ether oxygens (including phenoxy) is 2. The Morgan fingerprint density at radius 2 is 1.75 bits per heavy atom. The molecule has 1 heterocycles. The smallest absolute Gasteiger partial charge is 0.239 e. The van der Waals surface area contributed by atoms with E-state index in [4.69, 9.17) is 9.47 Å². The molecule has 20 heavy (non-hydrogen) atoms. The first-order valence-electron chi connectivity index (χ1n) is 7.94. The van der Waals surface area contributed by atoms with Gasteiger partial charge < -0.3 is 19.7 Å². The van der Waals surface area contributed by atoms with Crippen molar-refractivity contribution in [3.63, 3.8) is 0 Å².